The highest BCUT2D eigenvalue weighted by atomic mass is 16.5. The first-order valence-corrected chi connectivity index (χ1v) is 10.7. The van der Waals surface area contributed by atoms with Crippen LogP contribution >= 0.6 is 0 Å². The zero-order valence-electron chi connectivity index (χ0n) is 19.2. The fourth-order valence-electron chi connectivity index (χ4n) is 3.99. The van der Waals surface area contributed by atoms with Gasteiger partial charge in [0.05, 0.1) is 19.2 Å². The Morgan fingerprint density at radius 1 is 1.25 bits per heavy atom. The third-order valence-corrected chi connectivity index (χ3v) is 5.36. The standard InChI is InChI=1S/C22H30N8O2/c1-14(31)26-22(10-11-23-13-22)18-17-19(25-20(24-18)27-21(2,3)4)30(29-28-17)12-15-6-8-16(32-5)9-7-15/h6-9,23H,10-13H2,1-5H3,(H,26,31)(H,24,25,27)/t22-/m0/s1. The van der Waals surface area contributed by atoms with Gasteiger partial charge in [-0.15, -0.1) is 5.10 Å². The number of hydrogen-bond donors (Lipinski definition) is 3. The van der Waals surface area contributed by atoms with Crippen LogP contribution in [0.1, 0.15) is 45.4 Å². The van der Waals surface area contributed by atoms with E-state index in [-0.39, 0.29) is 11.4 Å². The van der Waals surface area contributed by atoms with Gasteiger partial charge in [-0.3, -0.25) is 4.79 Å². The molecule has 0 unspecified atom stereocenters. The van der Waals surface area contributed by atoms with Gasteiger partial charge in [-0.05, 0) is 51.4 Å². The van der Waals surface area contributed by atoms with Crippen LogP contribution in [0, 0.1) is 0 Å². The number of benzene rings is 1. The predicted molar refractivity (Wildman–Crippen MR) is 122 cm³/mol. The molecule has 0 aliphatic carbocycles. The van der Waals surface area contributed by atoms with Crippen molar-refractivity contribution >= 4 is 23.0 Å². The molecule has 1 saturated heterocycles. The number of nitrogens with zero attached hydrogens (tertiary/aromatic N) is 5. The number of anilines is 1. The molecule has 1 amide bonds. The van der Waals surface area contributed by atoms with Crippen LogP contribution in [0.15, 0.2) is 24.3 Å². The summed E-state index contributed by atoms with van der Waals surface area (Å²) in [7, 11) is 1.64. The van der Waals surface area contributed by atoms with Gasteiger partial charge in [-0.1, -0.05) is 17.3 Å². The molecule has 1 fully saturated rings. The Morgan fingerprint density at radius 3 is 2.59 bits per heavy atom. The van der Waals surface area contributed by atoms with Crippen LogP contribution in [0.3, 0.4) is 0 Å². The Kier molecular flexibility index (Phi) is 5.72. The molecule has 10 heteroatoms. The van der Waals surface area contributed by atoms with Crippen LogP contribution in [0.25, 0.3) is 11.2 Å². The number of carbonyl (C=O) groups excluding carboxylic acids is 1. The van der Waals surface area contributed by atoms with Crippen molar-refractivity contribution in [1.82, 2.24) is 35.6 Å². The zero-order valence-corrected chi connectivity index (χ0v) is 19.2. The smallest absolute Gasteiger partial charge is 0.225 e. The Balaban J connectivity index is 1.83. The minimum atomic E-state index is -0.664. The molecule has 0 saturated carbocycles. The summed E-state index contributed by atoms with van der Waals surface area (Å²) in [5, 5.41) is 18.6. The fourth-order valence-corrected chi connectivity index (χ4v) is 3.99. The van der Waals surface area contributed by atoms with Crippen LogP contribution in [0.5, 0.6) is 5.75 Å². The van der Waals surface area contributed by atoms with Gasteiger partial charge < -0.3 is 20.7 Å². The molecule has 2 aromatic heterocycles. The number of rotatable bonds is 6. The van der Waals surface area contributed by atoms with E-state index in [0.717, 1.165) is 17.9 Å². The number of methoxy groups -OCH3 is 1. The molecule has 10 nitrogen and oxygen atoms in total. The Hall–Kier alpha value is -3.27. The van der Waals surface area contributed by atoms with Gasteiger partial charge in [0.15, 0.2) is 11.2 Å². The first-order valence-electron chi connectivity index (χ1n) is 10.7. The summed E-state index contributed by atoms with van der Waals surface area (Å²) in [4.78, 5) is 21.7. The van der Waals surface area contributed by atoms with Crippen LogP contribution < -0.4 is 20.7 Å². The molecule has 1 aliphatic heterocycles. The molecular weight excluding hydrogens is 408 g/mol. The molecule has 3 aromatic rings. The third-order valence-electron chi connectivity index (χ3n) is 5.36. The monoisotopic (exact) mass is 438 g/mol. The van der Waals surface area contributed by atoms with Gasteiger partial charge >= 0.3 is 0 Å². The fraction of sp³-hybridized carbons (Fsp3) is 0.500. The summed E-state index contributed by atoms with van der Waals surface area (Å²) in [6.07, 6.45) is 0.707. The topological polar surface area (TPSA) is 119 Å². The normalized spacial score (nSPS) is 18.7. The molecule has 32 heavy (non-hydrogen) atoms. The average molecular weight is 439 g/mol. The third kappa shape index (κ3) is 4.50. The van der Waals surface area contributed by atoms with E-state index in [1.54, 1.807) is 11.8 Å². The van der Waals surface area contributed by atoms with Gasteiger partial charge in [0, 0.05) is 19.0 Å². The van der Waals surface area contributed by atoms with Crippen molar-refractivity contribution in [3.8, 4) is 5.75 Å². The van der Waals surface area contributed by atoms with Crippen molar-refractivity contribution in [2.75, 3.05) is 25.5 Å². The highest BCUT2D eigenvalue weighted by Gasteiger charge is 2.41. The zero-order chi connectivity index (χ0) is 22.9. The number of hydrogen-bond acceptors (Lipinski definition) is 8. The van der Waals surface area contributed by atoms with Gasteiger partial charge in [0.2, 0.25) is 11.9 Å². The lowest BCUT2D eigenvalue weighted by Gasteiger charge is -2.29. The van der Waals surface area contributed by atoms with Crippen LogP contribution in [0.2, 0.25) is 0 Å². The lowest BCUT2D eigenvalue weighted by molar-refractivity contribution is -0.120. The van der Waals surface area contributed by atoms with E-state index in [1.807, 2.05) is 45.0 Å². The lowest BCUT2D eigenvalue weighted by atomic mass is 9.92. The minimum absolute atomic E-state index is 0.114. The molecule has 0 spiro atoms. The van der Waals surface area contributed by atoms with Gasteiger partial charge in [0.25, 0.3) is 0 Å². The second-order valence-electron chi connectivity index (χ2n) is 9.23. The summed E-state index contributed by atoms with van der Waals surface area (Å²) in [6, 6.07) is 7.81. The maximum atomic E-state index is 12.1. The number of aromatic nitrogens is 5. The minimum Gasteiger partial charge on any atom is -0.497 e. The van der Waals surface area contributed by atoms with E-state index >= 15 is 0 Å². The predicted octanol–water partition coefficient (Wildman–Crippen LogP) is 1.81. The summed E-state index contributed by atoms with van der Waals surface area (Å²) < 4.78 is 7.01. The molecule has 1 aromatic carbocycles. The van der Waals surface area contributed by atoms with E-state index in [2.05, 4.69) is 26.3 Å². The van der Waals surface area contributed by atoms with Crippen molar-refractivity contribution in [2.45, 2.75) is 51.7 Å². The van der Waals surface area contributed by atoms with E-state index in [0.29, 0.717) is 42.3 Å². The molecule has 4 rings (SSSR count). The molecule has 3 N–H and O–H groups in total. The molecule has 170 valence electrons. The summed E-state index contributed by atoms with van der Waals surface area (Å²) >= 11 is 0. The van der Waals surface area contributed by atoms with Gasteiger partial charge in [-0.2, -0.15) is 4.98 Å². The molecule has 0 bridgehead atoms. The first kappa shape index (κ1) is 21.9. The Labute approximate surface area is 187 Å². The van der Waals surface area contributed by atoms with Crippen molar-refractivity contribution in [2.24, 2.45) is 0 Å². The van der Waals surface area contributed by atoms with E-state index in [1.165, 1.54) is 6.92 Å². The summed E-state index contributed by atoms with van der Waals surface area (Å²) in [5.41, 5.74) is 2.03. The number of nitrogens with one attached hydrogen (secondary N) is 3. The number of amides is 1. The molecule has 1 atom stereocenters. The Morgan fingerprint density at radius 2 is 2.00 bits per heavy atom. The first-order chi connectivity index (χ1) is 15.2. The molecular formula is C22H30N8O2. The number of fused-ring (bicyclic) bond motifs is 1. The van der Waals surface area contributed by atoms with Crippen LogP contribution in [-0.2, 0) is 16.9 Å². The van der Waals surface area contributed by atoms with Crippen molar-refractivity contribution in [1.29, 1.82) is 0 Å². The number of carbonyl (C=O) groups is 1. The maximum absolute atomic E-state index is 12.1. The SMILES string of the molecule is COc1ccc(Cn2nnc3c([C@]4(NC(C)=O)CCNC4)nc(NC(C)(C)C)nc32)cc1. The highest BCUT2D eigenvalue weighted by Crippen LogP contribution is 2.32. The van der Waals surface area contributed by atoms with Gasteiger partial charge in [0.1, 0.15) is 11.4 Å². The average Bonchev–Trinajstić information content (AvgIpc) is 3.34. The number of ether oxygens (including phenoxy) is 1. The van der Waals surface area contributed by atoms with Crippen molar-refractivity contribution in [3.05, 3.63) is 35.5 Å². The van der Waals surface area contributed by atoms with Crippen molar-refractivity contribution in [3.63, 3.8) is 0 Å². The second-order valence-corrected chi connectivity index (χ2v) is 9.23. The maximum Gasteiger partial charge on any atom is 0.225 e. The molecule has 0 radical (unpaired) electrons. The van der Waals surface area contributed by atoms with Crippen LogP contribution in [0.4, 0.5) is 5.95 Å². The summed E-state index contributed by atoms with van der Waals surface area (Å²) in [5.74, 6) is 1.16. The largest absolute Gasteiger partial charge is 0.497 e. The van der Waals surface area contributed by atoms with E-state index in [4.69, 9.17) is 14.7 Å². The van der Waals surface area contributed by atoms with Gasteiger partial charge in [-0.25, -0.2) is 9.67 Å². The molecule has 3 heterocycles. The van der Waals surface area contributed by atoms with E-state index < -0.39 is 5.54 Å². The summed E-state index contributed by atoms with van der Waals surface area (Å²) in [6.45, 7) is 9.51. The lowest BCUT2D eigenvalue weighted by Crippen LogP contribution is -2.47. The molecule has 1 aliphatic rings. The Bertz CT molecular complexity index is 1110. The second kappa shape index (κ2) is 8.34. The quantitative estimate of drug-likeness (QED) is 0.533. The highest BCUT2D eigenvalue weighted by molar-refractivity contribution is 5.79. The van der Waals surface area contributed by atoms with Crippen molar-refractivity contribution < 1.29 is 9.53 Å². The van der Waals surface area contributed by atoms with E-state index in [9.17, 15) is 4.79 Å². The van der Waals surface area contributed by atoms with Crippen LogP contribution in [-0.4, -0.2) is 56.6 Å².